The molecule has 29 heavy (non-hydrogen) atoms. The van der Waals surface area contributed by atoms with Gasteiger partial charge in [-0.3, -0.25) is 14.5 Å². The Morgan fingerprint density at radius 2 is 1.69 bits per heavy atom. The number of urea groups is 1. The van der Waals surface area contributed by atoms with Gasteiger partial charge in [-0.1, -0.05) is 19.3 Å². The van der Waals surface area contributed by atoms with E-state index in [2.05, 4.69) is 5.32 Å². The Morgan fingerprint density at radius 3 is 2.31 bits per heavy atom. The van der Waals surface area contributed by atoms with Gasteiger partial charge in [0.15, 0.2) is 0 Å². The Kier molecular flexibility index (Phi) is 6.61. The molecule has 1 aliphatic heterocycles. The van der Waals surface area contributed by atoms with Crippen LogP contribution in [0.15, 0.2) is 24.3 Å². The Morgan fingerprint density at radius 1 is 1.07 bits per heavy atom. The molecule has 1 aromatic carbocycles. The van der Waals surface area contributed by atoms with Crippen LogP contribution in [-0.2, 0) is 9.59 Å². The topological polar surface area (TPSA) is 88.2 Å². The largest absolute Gasteiger partial charge is 0.494 e. The van der Waals surface area contributed by atoms with Crippen LogP contribution < -0.4 is 14.8 Å². The quantitative estimate of drug-likeness (QED) is 0.531. The molecular formula is C21H29N3O5. The van der Waals surface area contributed by atoms with E-state index in [4.69, 9.17) is 9.47 Å². The number of hydrogen-bond acceptors (Lipinski definition) is 5. The van der Waals surface area contributed by atoms with Crippen molar-refractivity contribution < 1.29 is 23.9 Å². The Bertz CT molecular complexity index is 743. The lowest BCUT2D eigenvalue weighted by atomic mass is 9.81. The molecule has 3 rings (SSSR count). The van der Waals surface area contributed by atoms with E-state index in [0.29, 0.717) is 25.2 Å². The number of rotatable bonds is 8. The summed E-state index contributed by atoms with van der Waals surface area (Å²) in [7, 11) is 1.66. The van der Waals surface area contributed by atoms with Crippen molar-refractivity contribution in [1.29, 1.82) is 0 Å². The molecule has 1 N–H and O–H groups in total. The third kappa shape index (κ3) is 4.46. The Labute approximate surface area is 171 Å². The molecule has 0 bridgehead atoms. The molecule has 0 radical (unpaired) electrons. The first kappa shape index (κ1) is 21.0. The second-order valence-electron chi connectivity index (χ2n) is 7.43. The highest BCUT2D eigenvalue weighted by Gasteiger charge is 2.55. The number of nitrogens with zero attached hydrogens (tertiary/aromatic N) is 2. The van der Waals surface area contributed by atoms with Gasteiger partial charge in [-0.05, 0) is 44.0 Å². The molecule has 1 heterocycles. The van der Waals surface area contributed by atoms with Crippen LogP contribution in [0, 0.1) is 0 Å². The molecule has 1 saturated heterocycles. The molecule has 158 valence electrons. The average molecular weight is 403 g/mol. The number of nitrogens with one attached hydrogen (secondary N) is 1. The number of likely N-dealkylation sites (N-methyl/N-ethyl adjacent to an activating group) is 1. The first-order chi connectivity index (χ1) is 14.0. The maximum atomic E-state index is 12.9. The van der Waals surface area contributed by atoms with E-state index in [9.17, 15) is 14.4 Å². The van der Waals surface area contributed by atoms with Gasteiger partial charge >= 0.3 is 6.03 Å². The molecule has 2 fully saturated rings. The Balaban J connectivity index is 1.44. The summed E-state index contributed by atoms with van der Waals surface area (Å²) in [6.45, 7) is 2.83. The predicted octanol–water partition coefficient (Wildman–Crippen LogP) is 2.18. The van der Waals surface area contributed by atoms with Gasteiger partial charge in [0.25, 0.3) is 5.91 Å². The molecule has 1 spiro atoms. The van der Waals surface area contributed by atoms with Gasteiger partial charge in [-0.25, -0.2) is 4.79 Å². The summed E-state index contributed by atoms with van der Waals surface area (Å²) in [5.41, 5.74) is -0.758. The number of ether oxygens (including phenoxy) is 2. The minimum Gasteiger partial charge on any atom is -0.494 e. The van der Waals surface area contributed by atoms with Crippen LogP contribution in [0.4, 0.5) is 4.79 Å². The van der Waals surface area contributed by atoms with E-state index in [0.717, 1.165) is 29.9 Å². The smallest absolute Gasteiger partial charge is 0.327 e. The number of hydrogen-bond donors (Lipinski definition) is 1. The normalized spacial score (nSPS) is 18.3. The van der Waals surface area contributed by atoms with Crippen molar-refractivity contribution in [3.63, 3.8) is 0 Å². The fraction of sp³-hybridized carbons (Fsp3) is 0.571. The van der Waals surface area contributed by atoms with Gasteiger partial charge in [0.2, 0.25) is 5.91 Å². The first-order valence-corrected chi connectivity index (χ1v) is 10.2. The van der Waals surface area contributed by atoms with Gasteiger partial charge in [-0.15, -0.1) is 0 Å². The lowest BCUT2D eigenvalue weighted by Crippen LogP contribution is -2.49. The minimum atomic E-state index is -0.758. The monoisotopic (exact) mass is 403 g/mol. The van der Waals surface area contributed by atoms with Gasteiger partial charge < -0.3 is 19.7 Å². The van der Waals surface area contributed by atoms with Gasteiger partial charge in [0.05, 0.1) is 13.2 Å². The van der Waals surface area contributed by atoms with Crippen molar-refractivity contribution in [1.82, 2.24) is 15.1 Å². The zero-order valence-electron chi connectivity index (χ0n) is 17.1. The van der Waals surface area contributed by atoms with Crippen molar-refractivity contribution in [2.24, 2.45) is 0 Å². The number of carbonyl (C=O) groups excluding carboxylic acids is 3. The lowest BCUT2D eigenvalue weighted by Gasteiger charge is -2.35. The summed E-state index contributed by atoms with van der Waals surface area (Å²) in [5, 5.41) is 2.71. The molecule has 0 atom stereocenters. The van der Waals surface area contributed by atoms with Crippen LogP contribution in [0.1, 0.15) is 39.0 Å². The van der Waals surface area contributed by atoms with Crippen molar-refractivity contribution in [2.75, 3.05) is 33.4 Å². The molecular weight excluding hydrogens is 374 g/mol. The van der Waals surface area contributed by atoms with Crippen molar-refractivity contribution in [2.45, 2.75) is 44.6 Å². The number of amides is 4. The second kappa shape index (κ2) is 9.15. The average Bonchev–Trinajstić information content (AvgIpc) is 2.89. The molecule has 1 aromatic rings. The van der Waals surface area contributed by atoms with E-state index in [-0.39, 0.29) is 31.5 Å². The molecule has 8 nitrogen and oxygen atoms in total. The summed E-state index contributed by atoms with van der Waals surface area (Å²) in [5.74, 6) is 0.830. The summed E-state index contributed by atoms with van der Waals surface area (Å²) < 4.78 is 11.0. The van der Waals surface area contributed by atoms with Gasteiger partial charge in [0, 0.05) is 7.05 Å². The maximum Gasteiger partial charge on any atom is 0.327 e. The van der Waals surface area contributed by atoms with E-state index >= 15 is 0 Å². The van der Waals surface area contributed by atoms with Crippen LogP contribution in [0.3, 0.4) is 0 Å². The summed E-state index contributed by atoms with van der Waals surface area (Å²) >= 11 is 0. The standard InChI is InChI=1S/C21H29N3O5/c1-3-28-16-7-9-17(10-8-16)29-14-13-22-18(25)15-24-19(26)21(23(2)20(24)27)11-5-4-6-12-21/h7-10H,3-6,11-15H2,1-2H3,(H,22,25). The number of imide groups is 1. The van der Waals surface area contributed by atoms with Gasteiger partial charge in [0.1, 0.15) is 30.2 Å². The molecule has 1 aliphatic carbocycles. The van der Waals surface area contributed by atoms with Crippen LogP contribution >= 0.6 is 0 Å². The summed E-state index contributed by atoms with van der Waals surface area (Å²) in [4.78, 5) is 40.3. The molecule has 0 aromatic heterocycles. The second-order valence-corrected chi connectivity index (χ2v) is 7.43. The molecule has 1 saturated carbocycles. The highest BCUT2D eigenvalue weighted by atomic mass is 16.5. The lowest BCUT2D eigenvalue weighted by molar-refractivity contribution is -0.137. The Hall–Kier alpha value is -2.77. The number of carbonyl (C=O) groups is 3. The molecule has 4 amide bonds. The van der Waals surface area contributed by atoms with Crippen LogP contribution in [0.5, 0.6) is 11.5 Å². The zero-order chi connectivity index (χ0) is 20.9. The van der Waals surface area contributed by atoms with Crippen LogP contribution in [-0.4, -0.2) is 66.5 Å². The molecule has 0 unspecified atom stereocenters. The van der Waals surface area contributed by atoms with Crippen molar-refractivity contribution in [3.8, 4) is 11.5 Å². The van der Waals surface area contributed by atoms with Gasteiger partial charge in [-0.2, -0.15) is 0 Å². The van der Waals surface area contributed by atoms with E-state index in [1.807, 2.05) is 19.1 Å². The summed E-state index contributed by atoms with van der Waals surface area (Å²) in [6, 6.07) is 6.85. The van der Waals surface area contributed by atoms with Crippen LogP contribution in [0.25, 0.3) is 0 Å². The maximum absolute atomic E-state index is 12.9. The molecule has 2 aliphatic rings. The van der Waals surface area contributed by atoms with E-state index in [1.165, 1.54) is 4.90 Å². The zero-order valence-corrected chi connectivity index (χ0v) is 17.1. The highest BCUT2D eigenvalue weighted by Crippen LogP contribution is 2.39. The van der Waals surface area contributed by atoms with E-state index < -0.39 is 11.6 Å². The van der Waals surface area contributed by atoms with Crippen molar-refractivity contribution in [3.05, 3.63) is 24.3 Å². The fourth-order valence-corrected chi connectivity index (χ4v) is 4.03. The highest BCUT2D eigenvalue weighted by molar-refractivity contribution is 6.08. The number of benzene rings is 1. The third-order valence-electron chi connectivity index (χ3n) is 5.61. The molecule has 8 heteroatoms. The van der Waals surface area contributed by atoms with Crippen LogP contribution in [0.2, 0.25) is 0 Å². The first-order valence-electron chi connectivity index (χ1n) is 10.2. The fourth-order valence-electron chi connectivity index (χ4n) is 4.03. The minimum absolute atomic E-state index is 0.245. The van der Waals surface area contributed by atoms with E-state index in [1.54, 1.807) is 19.2 Å². The third-order valence-corrected chi connectivity index (χ3v) is 5.61. The SMILES string of the molecule is CCOc1ccc(OCCNC(=O)CN2C(=O)N(C)C3(CCCCC3)C2=O)cc1. The predicted molar refractivity (Wildman–Crippen MR) is 107 cm³/mol. The van der Waals surface area contributed by atoms with Crippen molar-refractivity contribution >= 4 is 17.8 Å². The summed E-state index contributed by atoms with van der Waals surface area (Å²) in [6.07, 6.45) is 4.26.